The lowest BCUT2D eigenvalue weighted by molar-refractivity contribution is 0.130. The van der Waals surface area contributed by atoms with Gasteiger partial charge in [0, 0.05) is 6.07 Å². The average molecular weight is 458 g/mol. The van der Waals surface area contributed by atoms with Gasteiger partial charge in [0.25, 0.3) is 5.56 Å². The van der Waals surface area contributed by atoms with Gasteiger partial charge in [-0.25, -0.2) is 0 Å². The van der Waals surface area contributed by atoms with Crippen molar-refractivity contribution in [2.75, 3.05) is 0 Å². The summed E-state index contributed by atoms with van der Waals surface area (Å²) in [4.78, 5) is 13.9. The summed E-state index contributed by atoms with van der Waals surface area (Å²) in [5, 5.41) is 11.7. The zero-order chi connectivity index (χ0) is 24.2. The molecule has 0 fully saturated rings. The van der Waals surface area contributed by atoms with E-state index in [2.05, 4.69) is 0 Å². The molecule has 0 spiro atoms. The molecule has 2 unspecified atom stereocenters. The van der Waals surface area contributed by atoms with Crippen LogP contribution in [0.4, 0.5) is 0 Å². The zero-order valence-corrected chi connectivity index (χ0v) is 19.6. The van der Waals surface area contributed by atoms with Crippen molar-refractivity contribution in [1.82, 2.24) is 4.57 Å². The fourth-order valence-corrected chi connectivity index (χ4v) is 4.56. The Labute approximate surface area is 205 Å². The Morgan fingerprint density at radius 3 is 1.74 bits per heavy atom. The van der Waals surface area contributed by atoms with E-state index in [-0.39, 0.29) is 5.56 Å². The first-order valence-corrected chi connectivity index (χ1v) is 11.8. The SMILES string of the molecule is Cc1ccc(C(O)C(c2ccccc2)n2c(-c3ccccc3)cc(-c3ccccc3)cc2=O)cc1. The molecule has 3 heteroatoms. The summed E-state index contributed by atoms with van der Waals surface area (Å²) >= 11 is 0. The highest BCUT2D eigenvalue weighted by molar-refractivity contribution is 5.71. The molecule has 0 aliphatic rings. The number of hydrogen-bond donors (Lipinski definition) is 1. The number of aromatic nitrogens is 1. The standard InChI is InChI=1S/C32H27NO2/c1-23-17-19-27(20-18-23)32(35)31(26-15-9-4-10-16-26)33-29(25-13-7-3-8-14-25)21-28(22-30(33)34)24-11-5-2-6-12-24/h2-22,31-32,35H,1H3. The lowest BCUT2D eigenvalue weighted by Gasteiger charge is -2.29. The van der Waals surface area contributed by atoms with Gasteiger partial charge in [-0.2, -0.15) is 0 Å². The Hall–Kier alpha value is -4.21. The number of rotatable bonds is 6. The van der Waals surface area contributed by atoms with Crippen molar-refractivity contribution in [1.29, 1.82) is 0 Å². The maximum absolute atomic E-state index is 13.9. The molecule has 1 heterocycles. The first kappa shape index (κ1) is 22.6. The lowest BCUT2D eigenvalue weighted by atomic mass is 9.93. The second-order valence-corrected chi connectivity index (χ2v) is 8.78. The molecule has 0 amide bonds. The summed E-state index contributed by atoms with van der Waals surface area (Å²) in [6, 6.07) is 40.5. The van der Waals surface area contributed by atoms with Crippen LogP contribution in [0, 0.1) is 6.92 Å². The van der Waals surface area contributed by atoms with Crippen molar-refractivity contribution in [3.63, 3.8) is 0 Å². The van der Waals surface area contributed by atoms with Crippen LogP contribution in [-0.4, -0.2) is 9.67 Å². The van der Waals surface area contributed by atoms with E-state index >= 15 is 0 Å². The van der Waals surface area contributed by atoms with Crippen LogP contribution in [0.3, 0.4) is 0 Å². The molecule has 5 rings (SSSR count). The van der Waals surface area contributed by atoms with E-state index < -0.39 is 12.1 Å². The number of nitrogens with zero attached hydrogens (tertiary/aromatic N) is 1. The van der Waals surface area contributed by atoms with Crippen LogP contribution in [0.5, 0.6) is 0 Å². The molecular weight excluding hydrogens is 430 g/mol. The summed E-state index contributed by atoms with van der Waals surface area (Å²) in [6.07, 6.45) is -0.916. The van der Waals surface area contributed by atoms with Crippen LogP contribution in [0.15, 0.2) is 132 Å². The van der Waals surface area contributed by atoms with Gasteiger partial charge in [0.1, 0.15) is 6.10 Å². The number of aliphatic hydroxyl groups is 1. The second kappa shape index (κ2) is 9.96. The average Bonchev–Trinajstić information content (AvgIpc) is 2.91. The Morgan fingerprint density at radius 1 is 0.600 bits per heavy atom. The van der Waals surface area contributed by atoms with Gasteiger partial charge >= 0.3 is 0 Å². The summed E-state index contributed by atoms with van der Waals surface area (Å²) in [7, 11) is 0. The van der Waals surface area contributed by atoms with Crippen LogP contribution in [0.1, 0.15) is 28.8 Å². The van der Waals surface area contributed by atoms with Crippen LogP contribution >= 0.6 is 0 Å². The molecule has 2 atom stereocenters. The lowest BCUT2D eigenvalue weighted by Crippen LogP contribution is -2.30. The number of benzene rings is 4. The normalized spacial score (nSPS) is 12.7. The molecule has 0 saturated heterocycles. The second-order valence-electron chi connectivity index (χ2n) is 8.78. The van der Waals surface area contributed by atoms with Gasteiger partial charge in [-0.15, -0.1) is 0 Å². The van der Waals surface area contributed by atoms with Gasteiger partial charge in [0.2, 0.25) is 0 Å². The minimum Gasteiger partial charge on any atom is -0.386 e. The van der Waals surface area contributed by atoms with E-state index in [1.165, 1.54) is 0 Å². The summed E-state index contributed by atoms with van der Waals surface area (Å²) in [6.45, 7) is 2.02. The molecule has 0 radical (unpaired) electrons. The Kier molecular flexibility index (Phi) is 6.42. The molecule has 1 N–H and O–H groups in total. The predicted molar refractivity (Wildman–Crippen MR) is 142 cm³/mol. The molecule has 0 aliphatic carbocycles. The summed E-state index contributed by atoms with van der Waals surface area (Å²) in [5.41, 5.74) is 6.09. The molecule has 0 bridgehead atoms. The van der Waals surface area contributed by atoms with Crippen molar-refractivity contribution in [3.8, 4) is 22.4 Å². The van der Waals surface area contributed by atoms with Crippen LogP contribution in [0.25, 0.3) is 22.4 Å². The molecular formula is C32H27NO2. The number of aliphatic hydroxyl groups excluding tert-OH is 1. The minimum atomic E-state index is -0.916. The third-order valence-corrected chi connectivity index (χ3v) is 6.38. The van der Waals surface area contributed by atoms with Crippen molar-refractivity contribution < 1.29 is 5.11 Å². The summed E-state index contributed by atoms with van der Waals surface area (Å²) in [5.74, 6) is 0. The quantitative estimate of drug-likeness (QED) is 0.304. The minimum absolute atomic E-state index is 0.162. The third kappa shape index (κ3) is 4.72. The largest absolute Gasteiger partial charge is 0.386 e. The monoisotopic (exact) mass is 457 g/mol. The van der Waals surface area contributed by atoms with E-state index in [0.29, 0.717) is 0 Å². The van der Waals surface area contributed by atoms with E-state index in [4.69, 9.17) is 0 Å². The van der Waals surface area contributed by atoms with Gasteiger partial charge in [-0.1, -0.05) is 121 Å². The van der Waals surface area contributed by atoms with E-state index in [0.717, 1.165) is 39.1 Å². The topological polar surface area (TPSA) is 42.2 Å². The van der Waals surface area contributed by atoms with Crippen LogP contribution < -0.4 is 5.56 Å². The molecule has 5 aromatic rings. The third-order valence-electron chi connectivity index (χ3n) is 6.38. The number of aryl methyl sites for hydroxylation is 1. The Morgan fingerprint density at radius 2 is 1.14 bits per heavy atom. The fraction of sp³-hybridized carbons (Fsp3) is 0.0938. The van der Waals surface area contributed by atoms with Crippen molar-refractivity contribution in [2.24, 2.45) is 0 Å². The van der Waals surface area contributed by atoms with Crippen molar-refractivity contribution in [2.45, 2.75) is 19.1 Å². The highest BCUT2D eigenvalue weighted by atomic mass is 16.3. The van der Waals surface area contributed by atoms with Crippen LogP contribution in [0.2, 0.25) is 0 Å². The molecule has 4 aromatic carbocycles. The van der Waals surface area contributed by atoms with Gasteiger partial charge in [0.05, 0.1) is 11.7 Å². The number of pyridine rings is 1. The van der Waals surface area contributed by atoms with Gasteiger partial charge in [0.15, 0.2) is 0 Å². The Balaban J connectivity index is 1.77. The summed E-state index contributed by atoms with van der Waals surface area (Å²) < 4.78 is 1.74. The maximum Gasteiger partial charge on any atom is 0.252 e. The van der Waals surface area contributed by atoms with Gasteiger partial charge in [-0.05, 0) is 40.8 Å². The molecule has 172 valence electrons. The Bertz CT molecular complexity index is 1460. The smallest absolute Gasteiger partial charge is 0.252 e. The van der Waals surface area contributed by atoms with Gasteiger partial charge < -0.3 is 5.11 Å². The maximum atomic E-state index is 13.9. The molecule has 0 aliphatic heterocycles. The van der Waals surface area contributed by atoms with E-state index in [1.54, 1.807) is 10.6 Å². The van der Waals surface area contributed by atoms with E-state index in [9.17, 15) is 9.90 Å². The first-order chi connectivity index (χ1) is 17.1. The van der Waals surface area contributed by atoms with Crippen LogP contribution in [-0.2, 0) is 0 Å². The molecule has 35 heavy (non-hydrogen) atoms. The highest BCUT2D eigenvalue weighted by Crippen LogP contribution is 2.36. The fourth-order valence-electron chi connectivity index (χ4n) is 4.56. The first-order valence-electron chi connectivity index (χ1n) is 11.8. The zero-order valence-electron chi connectivity index (χ0n) is 19.6. The molecule has 1 aromatic heterocycles. The van der Waals surface area contributed by atoms with Crippen molar-refractivity contribution >= 4 is 0 Å². The van der Waals surface area contributed by atoms with E-state index in [1.807, 2.05) is 128 Å². The molecule has 3 nitrogen and oxygen atoms in total. The highest BCUT2D eigenvalue weighted by Gasteiger charge is 2.28. The molecule has 0 saturated carbocycles. The number of hydrogen-bond acceptors (Lipinski definition) is 2. The van der Waals surface area contributed by atoms with Gasteiger partial charge in [-0.3, -0.25) is 9.36 Å². The van der Waals surface area contributed by atoms with Crippen molar-refractivity contribution in [3.05, 3.63) is 154 Å². The predicted octanol–water partition coefficient (Wildman–Crippen LogP) is 6.81.